The number of likely N-dealkylation sites (tertiary alicyclic amines) is 1. The predicted molar refractivity (Wildman–Crippen MR) is 128 cm³/mol. The maximum atomic E-state index is 13.5. The quantitative estimate of drug-likeness (QED) is 0.525. The van der Waals surface area contributed by atoms with Crippen LogP contribution in [0, 0.1) is 0 Å². The number of aromatic amines is 1. The molecule has 2 aliphatic rings. The molecule has 3 N–H and O–H groups in total. The van der Waals surface area contributed by atoms with Crippen LogP contribution in [0.2, 0.25) is 0 Å². The van der Waals surface area contributed by atoms with Gasteiger partial charge in [0.2, 0.25) is 5.91 Å². The number of nitrogens with one attached hydrogen (secondary N) is 3. The van der Waals surface area contributed by atoms with Gasteiger partial charge in [-0.1, -0.05) is 44.2 Å². The number of aromatic nitrogens is 1. The molecule has 2 saturated heterocycles. The summed E-state index contributed by atoms with van der Waals surface area (Å²) < 4.78 is 5.73. The molecule has 0 aliphatic carbocycles. The van der Waals surface area contributed by atoms with Gasteiger partial charge in [0.15, 0.2) is 5.78 Å². The highest BCUT2D eigenvalue weighted by Crippen LogP contribution is 2.28. The molecular weight excluding hydrogens is 432 g/mol. The number of ether oxygens (including phenoxy) is 1. The van der Waals surface area contributed by atoms with Crippen molar-refractivity contribution in [3.8, 4) is 0 Å². The first-order chi connectivity index (χ1) is 16.3. The Balaban J connectivity index is 1.50. The summed E-state index contributed by atoms with van der Waals surface area (Å²) in [5, 5.41) is 5.80. The number of Topliss-reactive ketones (excluding diaryl/α,β-unsaturated/α-hetero) is 1. The number of carbonyl (C=O) groups excluding carboxylic acids is 3. The lowest BCUT2D eigenvalue weighted by Gasteiger charge is -2.31. The van der Waals surface area contributed by atoms with Gasteiger partial charge >= 0.3 is 0 Å². The second-order valence-electron chi connectivity index (χ2n) is 9.89. The minimum absolute atomic E-state index is 0.000657. The van der Waals surface area contributed by atoms with E-state index in [1.54, 1.807) is 18.5 Å². The van der Waals surface area contributed by atoms with E-state index in [-0.39, 0.29) is 35.7 Å². The van der Waals surface area contributed by atoms with Crippen LogP contribution in [0.15, 0.2) is 48.8 Å². The van der Waals surface area contributed by atoms with E-state index < -0.39 is 12.1 Å². The highest BCUT2D eigenvalue weighted by Gasteiger charge is 2.40. The number of nitrogens with zero attached hydrogens (tertiary/aromatic N) is 1. The van der Waals surface area contributed by atoms with E-state index in [4.69, 9.17) is 4.74 Å². The second kappa shape index (κ2) is 10.5. The molecule has 8 heteroatoms. The molecule has 2 aliphatic heterocycles. The fraction of sp³-hybridized carbons (Fsp3) is 0.500. The van der Waals surface area contributed by atoms with Crippen LogP contribution in [0.3, 0.4) is 0 Å². The van der Waals surface area contributed by atoms with Gasteiger partial charge in [-0.3, -0.25) is 14.4 Å². The molecule has 3 heterocycles. The van der Waals surface area contributed by atoms with Crippen molar-refractivity contribution in [1.82, 2.24) is 20.5 Å². The normalized spacial score (nSPS) is 22.0. The van der Waals surface area contributed by atoms with Gasteiger partial charge in [0.05, 0.1) is 11.7 Å². The third kappa shape index (κ3) is 5.74. The molecule has 2 unspecified atom stereocenters. The van der Waals surface area contributed by atoms with Crippen LogP contribution >= 0.6 is 0 Å². The van der Waals surface area contributed by atoms with Crippen LogP contribution in [-0.2, 0) is 19.7 Å². The van der Waals surface area contributed by atoms with Crippen LogP contribution in [-0.4, -0.2) is 71.9 Å². The Kier molecular flexibility index (Phi) is 7.48. The second-order valence-corrected chi connectivity index (χ2v) is 9.89. The highest BCUT2D eigenvalue weighted by molar-refractivity contribution is 5.98. The van der Waals surface area contributed by atoms with Gasteiger partial charge in [-0.25, -0.2) is 0 Å². The number of carbonyl (C=O) groups is 3. The Hall–Kier alpha value is -2.97. The minimum Gasteiger partial charge on any atom is -0.367 e. The zero-order valence-corrected chi connectivity index (χ0v) is 19.9. The molecule has 4 rings (SSSR count). The van der Waals surface area contributed by atoms with Crippen LogP contribution in [0.25, 0.3) is 0 Å². The number of hydrogen-bond acceptors (Lipinski definition) is 5. The molecule has 0 bridgehead atoms. The Morgan fingerprint density at radius 3 is 2.59 bits per heavy atom. The first-order valence-corrected chi connectivity index (χ1v) is 12.0. The summed E-state index contributed by atoms with van der Waals surface area (Å²) in [7, 11) is 0. The number of H-pyrrole nitrogens is 1. The minimum atomic E-state index is -0.821. The molecule has 34 heavy (non-hydrogen) atoms. The molecule has 1 aromatic heterocycles. The summed E-state index contributed by atoms with van der Waals surface area (Å²) in [6.45, 7) is 6.67. The first kappa shape index (κ1) is 24.2. The van der Waals surface area contributed by atoms with E-state index in [9.17, 15) is 14.4 Å². The zero-order chi connectivity index (χ0) is 24.1. The first-order valence-electron chi connectivity index (χ1n) is 12.0. The van der Waals surface area contributed by atoms with Crippen molar-refractivity contribution < 1.29 is 19.1 Å². The average molecular weight is 467 g/mol. The van der Waals surface area contributed by atoms with Crippen molar-refractivity contribution in [3.63, 3.8) is 0 Å². The number of benzene rings is 1. The van der Waals surface area contributed by atoms with Crippen molar-refractivity contribution in [2.45, 2.75) is 56.7 Å². The van der Waals surface area contributed by atoms with Gasteiger partial charge < -0.3 is 25.3 Å². The van der Waals surface area contributed by atoms with Crippen molar-refractivity contribution in [2.24, 2.45) is 0 Å². The molecule has 0 saturated carbocycles. The highest BCUT2D eigenvalue weighted by atomic mass is 16.5. The lowest BCUT2D eigenvalue weighted by Crippen LogP contribution is -2.55. The lowest BCUT2D eigenvalue weighted by atomic mass is 9.79. The molecule has 2 amide bonds. The van der Waals surface area contributed by atoms with E-state index >= 15 is 0 Å². The molecule has 0 radical (unpaired) electrons. The monoisotopic (exact) mass is 466 g/mol. The summed E-state index contributed by atoms with van der Waals surface area (Å²) in [4.78, 5) is 44.0. The van der Waals surface area contributed by atoms with Crippen molar-refractivity contribution in [2.75, 3.05) is 26.2 Å². The Morgan fingerprint density at radius 2 is 1.91 bits per heavy atom. The van der Waals surface area contributed by atoms with Crippen LogP contribution in [0.4, 0.5) is 0 Å². The van der Waals surface area contributed by atoms with Gasteiger partial charge in [-0.15, -0.1) is 0 Å². The van der Waals surface area contributed by atoms with Gasteiger partial charge in [0, 0.05) is 18.9 Å². The van der Waals surface area contributed by atoms with E-state index in [0.717, 1.165) is 31.5 Å². The van der Waals surface area contributed by atoms with E-state index in [2.05, 4.69) is 20.5 Å². The largest absolute Gasteiger partial charge is 0.367 e. The van der Waals surface area contributed by atoms with Gasteiger partial charge in [-0.2, -0.15) is 0 Å². The van der Waals surface area contributed by atoms with Crippen molar-refractivity contribution >= 4 is 17.6 Å². The van der Waals surface area contributed by atoms with E-state index in [1.807, 2.05) is 44.2 Å². The standard InChI is InChI=1S/C26H34N4O4/c1-26(2,19-8-4-3-5-9-19)14-20(28-24(32)18-10-11-27-15-18)25(33)29-23-21(31)17-34-22(23)16-30-12-6-7-13-30/h3-5,8-11,15,20,22-23,27H,6-7,12-14,16-17H2,1-2H3,(H,28,32)(H,29,33)/t20-,22?,23?/m0/s1. The molecule has 2 aromatic rings. The fourth-order valence-corrected chi connectivity index (χ4v) is 4.82. The lowest BCUT2D eigenvalue weighted by molar-refractivity contribution is -0.128. The summed E-state index contributed by atoms with van der Waals surface area (Å²) in [6.07, 6.45) is 5.52. The smallest absolute Gasteiger partial charge is 0.253 e. The molecular formula is C26H34N4O4. The maximum Gasteiger partial charge on any atom is 0.253 e. The summed E-state index contributed by atoms with van der Waals surface area (Å²) in [6, 6.07) is 10.0. The third-order valence-electron chi connectivity index (χ3n) is 6.84. The SMILES string of the molecule is CC(C)(C[C@H](NC(=O)c1cc[nH]c1)C(=O)NC1C(=O)COC1CN1CCCC1)c1ccccc1. The van der Waals surface area contributed by atoms with Crippen molar-refractivity contribution in [3.05, 3.63) is 59.9 Å². The van der Waals surface area contributed by atoms with Gasteiger partial charge in [-0.05, 0) is 49.4 Å². The molecule has 1 aromatic carbocycles. The maximum absolute atomic E-state index is 13.5. The summed E-state index contributed by atoms with van der Waals surface area (Å²) in [5.41, 5.74) is 1.12. The molecule has 3 atom stereocenters. The molecule has 2 fully saturated rings. The average Bonchev–Trinajstić information content (AvgIpc) is 3.59. The summed E-state index contributed by atoms with van der Waals surface area (Å²) >= 11 is 0. The molecule has 0 spiro atoms. The number of amides is 2. The Labute approximate surface area is 200 Å². The fourth-order valence-electron chi connectivity index (χ4n) is 4.82. The van der Waals surface area contributed by atoms with Crippen LogP contribution in [0.5, 0.6) is 0 Å². The topological polar surface area (TPSA) is 104 Å². The number of ketones is 1. The van der Waals surface area contributed by atoms with Crippen LogP contribution in [0.1, 0.15) is 49.0 Å². The Morgan fingerprint density at radius 1 is 1.18 bits per heavy atom. The zero-order valence-electron chi connectivity index (χ0n) is 19.9. The number of hydrogen-bond donors (Lipinski definition) is 3. The third-order valence-corrected chi connectivity index (χ3v) is 6.84. The van der Waals surface area contributed by atoms with E-state index in [1.165, 1.54) is 0 Å². The van der Waals surface area contributed by atoms with Gasteiger partial charge in [0.25, 0.3) is 5.91 Å². The van der Waals surface area contributed by atoms with Crippen LogP contribution < -0.4 is 10.6 Å². The molecule has 182 valence electrons. The van der Waals surface area contributed by atoms with E-state index in [0.29, 0.717) is 18.5 Å². The van der Waals surface area contributed by atoms with Gasteiger partial charge in [0.1, 0.15) is 18.7 Å². The van der Waals surface area contributed by atoms with Crippen molar-refractivity contribution in [1.29, 1.82) is 0 Å². The molecule has 8 nitrogen and oxygen atoms in total. The number of rotatable bonds is 9. The summed E-state index contributed by atoms with van der Waals surface area (Å²) in [5.74, 6) is -0.841. The predicted octanol–water partition coefficient (Wildman–Crippen LogP) is 2.03. The Bertz CT molecular complexity index is 983.